The fourth-order valence-electron chi connectivity index (χ4n) is 3.41. The molecule has 0 spiro atoms. The summed E-state index contributed by atoms with van der Waals surface area (Å²) in [4.78, 5) is 12.5. The summed E-state index contributed by atoms with van der Waals surface area (Å²) in [6.45, 7) is 8.98. The van der Waals surface area contributed by atoms with Crippen LogP contribution in [0.15, 0.2) is 35.2 Å². The maximum Gasteiger partial charge on any atom is 0.333 e. The first-order valence-corrected chi connectivity index (χ1v) is 12.6. The van der Waals surface area contributed by atoms with Crippen molar-refractivity contribution in [2.24, 2.45) is 0 Å². The summed E-state index contributed by atoms with van der Waals surface area (Å²) < 4.78 is 27.9. The van der Waals surface area contributed by atoms with Gasteiger partial charge in [0.2, 0.25) is 0 Å². The van der Waals surface area contributed by atoms with E-state index in [1.165, 1.54) is 26.0 Å². The van der Waals surface area contributed by atoms with Crippen molar-refractivity contribution < 1.29 is 18.3 Å². The Balaban J connectivity index is 2.43. The minimum Gasteiger partial charge on any atom is -0.386 e. The fourth-order valence-corrected chi connectivity index (χ4v) is 4.63. The monoisotopic (exact) mass is 491 g/mol. The molecule has 2 amide bonds. The number of carbonyl (C=O) groups excluding carboxylic acids is 1. The highest BCUT2D eigenvalue weighted by Gasteiger charge is 2.25. The third-order valence-electron chi connectivity index (χ3n) is 5.40. The van der Waals surface area contributed by atoms with Crippen LogP contribution in [-0.2, 0) is 22.0 Å². The molecule has 0 heterocycles. The molecule has 2 aromatic carbocycles. The van der Waals surface area contributed by atoms with Crippen molar-refractivity contribution in [3.8, 4) is 6.07 Å². The minimum atomic E-state index is -4.32. The number of anilines is 1. The second-order valence-corrected chi connectivity index (χ2v) is 10.7. The number of benzene rings is 2. The summed E-state index contributed by atoms with van der Waals surface area (Å²) in [5, 5.41) is 22.8. The van der Waals surface area contributed by atoms with Crippen molar-refractivity contribution >= 4 is 33.3 Å². The SMILES string of the molecule is CCCc1cc(Cl)cc(C(C)CC)c1NC(=O)NS(=O)(=O)c1cc(C#N)cc(C(C)(C)O)c1. The number of nitrogens with zero attached hydrogens (tertiary/aromatic N) is 1. The smallest absolute Gasteiger partial charge is 0.333 e. The minimum absolute atomic E-state index is 0.0531. The van der Waals surface area contributed by atoms with Gasteiger partial charge < -0.3 is 10.4 Å². The van der Waals surface area contributed by atoms with E-state index in [0.29, 0.717) is 17.1 Å². The number of nitrogens with one attached hydrogen (secondary N) is 2. The molecule has 3 N–H and O–H groups in total. The van der Waals surface area contributed by atoms with Gasteiger partial charge in [-0.15, -0.1) is 0 Å². The van der Waals surface area contributed by atoms with E-state index < -0.39 is 21.7 Å². The summed E-state index contributed by atoms with van der Waals surface area (Å²) in [7, 11) is -4.32. The summed E-state index contributed by atoms with van der Waals surface area (Å²) in [6, 6.07) is 8.31. The number of aryl methyl sites for hydroxylation is 1. The molecule has 0 aliphatic heterocycles. The molecule has 2 aromatic rings. The van der Waals surface area contributed by atoms with Crippen LogP contribution in [-0.4, -0.2) is 19.6 Å². The Kier molecular flexibility index (Phi) is 8.52. The lowest BCUT2D eigenvalue weighted by Gasteiger charge is -2.21. The molecule has 0 aliphatic carbocycles. The topological polar surface area (TPSA) is 119 Å². The molecule has 178 valence electrons. The van der Waals surface area contributed by atoms with E-state index in [-0.39, 0.29) is 21.9 Å². The molecular weight excluding hydrogens is 462 g/mol. The van der Waals surface area contributed by atoms with Crippen molar-refractivity contribution in [2.45, 2.75) is 70.3 Å². The van der Waals surface area contributed by atoms with Gasteiger partial charge >= 0.3 is 6.03 Å². The Morgan fingerprint density at radius 3 is 2.42 bits per heavy atom. The van der Waals surface area contributed by atoms with Gasteiger partial charge in [0.25, 0.3) is 10.0 Å². The van der Waals surface area contributed by atoms with Crippen LogP contribution in [0.4, 0.5) is 10.5 Å². The lowest BCUT2D eigenvalue weighted by atomic mass is 9.93. The van der Waals surface area contributed by atoms with Crippen molar-refractivity contribution in [2.75, 3.05) is 5.32 Å². The zero-order valence-electron chi connectivity index (χ0n) is 19.5. The second-order valence-electron chi connectivity index (χ2n) is 8.56. The number of halogens is 1. The number of hydrogen-bond acceptors (Lipinski definition) is 5. The molecule has 0 aromatic heterocycles. The highest BCUT2D eigenvalue weighted by Crippen LogP contribution is 2.34. The maximum absolute atomic E-state index is 12.9. The Labute approximate surface area is 200 Å². The average molecular weight is 492 g/mol. The van der Waals surface area contributed by atoms with Gasteiger partial charge in [-0.25, -0.2) is 17.9 Å². The van der Waals surface area contributed by atoms with E-state index in [0.717, 1.165) is 30.0 Å². The lowest BCUT2D eigenvalue weighted by Crippen LogP contribution is -2.35. The third-order valence-corrected chi connectivity index (χ3v) is 6.92. The van der Waals surface area contributed by atoms with Gasteiger partial charge in [0.05, 0.1) is 22.1 Å². The number of hydrogen-bond donors (Lipinski definition) is 3. The van der Waals surface area contributed by atoms with Gasteiger partial charge in [-0.2, -0.15) is 5.26 Å². The Morgan fingerprint density at radius 1 is 1.21 bits per heavy atom. The van der Waals surface area contributed by atoms with E-state index >= 15 is 0 Å². The molecule has 0 radical (unpaired) electrons. The highest BCUT2D eigenvalue weighted by atomic mass is 35.5. The van der Waals surface area contributed by atoms with E-state index in [1.54, 1.807) is 12.1 Å². The summed E-state index contributed by atoms with van der Waals surface area (Å²) >= 11 is 6.29. The predicted octanol–water partition coefficient (Wildman–Crippen LogP) is 5.42. The molecule has 33 heavy (non-hydrogen) atoms. The largest absolute Gasteiger partial charge is 0.386 e. The number of amides is 2. The van der Waals surface area contributed by atoms with Crippen molar-refractivity contribution in [3.05, 3.63) is 57.6 Å². The normalized spacial score (nSPS) is 12.7. The van der Waals surface area contributed by atoms with Gasteiger partial charge in [-0.1, -0.05) is 38.8 Å². The van der Waals surface area contributed by atoms with Gasteiger partial charge in [-0.3, -0.25) is 0 Å². The first-order chi connectivity index (χ1) is 15.3. The molecule has 0 saturated heterocycles. The van der Waals surface area contributed by atoms with Gasteiger partial charge in [-0.05, 0) is 79.6 Å². The van der Waals surface area contributed by atoms with E-state index in [2.05, 4.69) is 5.32 Å². The Morgan fingerprint density at radius 2 is 1.88 bits per heavy atom. The molecule has 0 fully saturated rings. The number of aliphatic hydroxyl groups is 1. The van der Waals surface area contributed by atoms with Crippen LogP contribution in [0.1, 0.15) is 75.6 Å². The van der Waals surface area contributed by atoms with Gasteiger partial charge in [0.1, 0.15) is 0 Å². The van der Waals surface area contributed by atoms with Crippen LogP contribution in [0.3, 0.4) is 0 Å². The number of carbonyl (C=O) groups is 1. The van der Waals surface area contributed by atoms with Gasteiger partial charge in [0.15, 0.2) is 0 Å². The van der Waals surface area contributed by atoms with Crippen LogP contribution >= 0.6 is 11.6 Å². The molecule has 0 aliphatic rings. The van der Waals surface area contributed by atoms with Crippen molar-refractivity contribution in [1.82, 2.24) is 4.72 Å². The standard InChI is InChI=1S/C24H30ClN3O4S/c1-6-8-17-11-19(25)13-21(15(3)7-2)22(17)27-23(29)28-33(31,32)20-10-16(14-26)9-18(12-20)24(4,5)30/h9-13,15,30H,6-8H2,1-5H3,(H2,27,28,29). The molecule has 0 bridgehead atoms. The van der Waals surface area contributed by atoms with Crippen LogP contribution in [0.25, 0.3) is 0 Å². The summed E-state index contributed by atoms with van der Waals surface area (Å²) in [5.41, 5.74) is 1.12. The van der Waals surface area contributed by atoms with Crippen LogP contribution in [0, 0.1) is 11.3 Å². The Bertz CT molecular complexity index is 1180. The fraction of sp³-hybridized carbons (Fsp3) is 0.417. The molecular formula is C24H30ClN3O4S. The predicted molar refractivity (Wildman–Crippen MR) is 130 cm³/mol. The third kappa shape index (κ3) is 6.70. The van der Waals surface area contributed by atoms with Gasteiger partial charge in [0, 0.05) is 10.7 Å². The second kappa shape index (κ2) is 10.6. The number of sulfonamides is 1. The van der Waals surface area contributed by atoms with E-state index in [4.69, 9.17) is 11.6 Å². The molecule has 2 rings (SSSR count). The quantitative estimate of drug-likeness (QED) is 0.455. The molecule has 0 saturated carbocycles. The first-order valence-electron chi connectivity index (χ1n) is 10.8. The van der Waals surface area contributed by atoms with Crippen molar-refractivity contribution in [1.29, 1.82) is 5.26 Å². The maximum atomic E-state index is 12.9. The number of urea groups is 1. The summed E-state index contributed by atoms with van der Waals surface area (Å²) in [5.74, 6) is 0.0906. The molecule has 9 heteroatoms. The van der Waals surface area contributed by atoms with E-state index in [1.807, 2.05) is 31.6 Å². The van der Waals surface area contributed by atoms with Crippen LogP contribution < -0.4 is 10.0 Å². The number of nitriles is 1. The molecule has 1 unspecified atom stereocenters. The number of rotatable bonds is 8. The molecule has 7 nitrogen and oxygen atoms in total. The van der Waals surface area contributed by atoms with E-state index in [9.17, 15) is 23.6 Å². The Hall–Kier alpha value is -2.60. The average Bonchev–Trinajstić information content (AvgIpc) is 2.73. The highest BCUT2D eigenvalue weighted by molar-refractivity contribution is 7.90. The lowest BCUT2D eigenvalue weighted by molar-refractivity contribution is 0.0783. The van der Waals surface area contributed by atoms with Crippen LogP contribution in [0.5, 0.6) is 0 Å². The zero-order chi connectivity index (χ0) is 25.0. The molecule has 1 atom stereocenters. The summed E-state index contributed by atoms with van der Waals surface area (Å²) in [6.07, 6.45) is 2.28. The first kappa shape index (κ1) is 26.7. The van der Waals surface area contributed by atoms with Crippen molar-refractivity contribution in [3.63, 3.8) is 0 Å². The zero-order valence-corrected chi connectivity index (χ0v) is 21.1. The van der Waals surface area contributed by atoms with Crippen LogP contribution in [0.2, 0.25) is 5.02 Å².